The van der Waals surface area contributed by atoms with E-state index in [2.05, 4.69) is 12.0 Å². The summed E-state index contributed by atoms with van der Waals surface area (Å²) in [6.07, 6.45) is -4.44. The van der Waals surface area contributed by atoms with Crippen LogP contribution in [0.5, 0.6) is 0 Å². The van der Waals surface area contributed by atoms with Gasteiger partial charge in [0.2, 0.25) is 0 Å². The summed E-state index contributed by atoms with van der Waals surface area (Å²) in [7, 11) is 1.27. The fraction of sp³-hybridized carbons (Fsp3) is 0.273. The molecule has 1 atom stereocenters. The Morgan fingerprint density at radius 3 is 2.39 bits per heavy atom. The molecule has 1 aliphatic rings. The molecule has 31 heavy (non-hydrogen) atoms. The van der Waals surface area contributed by atoms with E-state index in [0.29, 0.717) is 22.2 Å². The lowest BCUT2D eigenvalue weighted by molar-refractivity contribution is -0.139. The Labute approximate surface area is 180 Å². The zero-order chi connectivity index (χ0) is 23.3. The molecule has 9 heteroatoms. The van der Waals surface area contributed by atoms with Crippen molar-refractivity contribution in [3.63, 3.8) is 0 Å². The minimum absolute atomic E-state index is 0.0311. The van der Waals surface area contributed by atoms with Gasteiger partial charge in [0.1, 0.15) is 11.7 Å². The second kappa shape index (κ2) is 7.91. The van der Waals surface area contributed by atoms with Gasteiger partial charge < -0.3 is 0 Å². The highest BCUT2D eigenvalue weighted by Crippen LogP contribution is 2.47. The molecule has 0 radical (unpaired) electrons. The molecule has 2 nitrogen and oxygen atoms in total. The van der Waals surface area contributed by atoms with Crippen LogP contribution in [0.4, 0.5) is 26.3 Å². The van der Waals surface area contributed by atoms with Gasteiger partial charge in [0.15, 0.2) is 0 Å². The highest BCUT2D eigenvalue weighted by Gasteiger charge is 2.48. The van der Waals surface area contributed by atoms with Crippen LogP contribution in [0.15, 0.2) is 43.0 Å². The fourth-order valence-electron chi connectivity index (χ4n) is 3.52. The minimum atomic E-state index is -4.82. The van der Waals surface area contributed by atoms with Crippen LogP contribution >= 0.6 is 11.6 Å². The molecular weight excluding hydrogens is 442 g/mol. The highest BCUT2D eigenvalue weighted by atomic mass is 35.5. The van der Waals surface area contributed by atoms with Crippen LogP contribution < -0.4 is 5.43 Å². The van der Waals surface area contributed by atoms with Gasteiger partial charge in [-0.15, -0.1) is 0 Å². The number of halogens is 7. The van der Waals surface area contributed by atoms with Crippen molar-refractivity contribution >= 4 is 23.1 Å². The third-order valence-electron chi connectivity index (χ3n) is 5.36. The average molecular weight is 461 g/mol. The molecule has 1 N–H and O–H groups in total. The standard InChI is InChI=1S/C22H19ClF6N2/c1-11-7-15(9-19(23)12(11)2)17(21(25,26)27)10-20(24)14-5-6-16-13(3)31(30-4)22(28,29)18(16)8-14/h5-10,17,30H,3H2,1-2,4H3/b20-10-. The third-order valence-corrected chi connectivity index (χ3v) is 5.75. The predicted octanol–water partition coefficient (Wildman–Crippen LogP) is 7.08. The van der Waals surface area contributed by atoms with E-state index in [4.69, 9.17) is 11.6 Å². The van der Waals surface area contributed by atoms with Crippen molar-refractivity contribution in [2.24, 2.45) is 0 Å². The molecule has 2 aromatic rings. The molecule has 0 saturated heterocycles. The van der Waals surface area contributed by atoms with E-state index in [1.54, 1.807) is 13.8 Å². The molecule has 2 aromatic carbocycles. The van der Waals surface area contributed by atoms with Crippen molar-refractivity contribution in [1.82, 2.24) is 10.4 Å². The summed E-state index contributed by atoms with van der Waals surface area (Å²) in [5.74, 6) is -3.58. The first-order chi connectivity index (χ1) is 14.3. The van der Waals surface area contributed by atoms with Gasteiger partial charge in [-0.05, 0) is 48.7 Å². The van der Waals surface area contributed by atoms with Crippen molar-refractivity contribution < 1.29 is 26.3 Å². The summed E-state index contributed by atoms with van der Waals surface area (Å²) in [5.41, 5.74) is 2.30. The number of aryl methyl sites for hydroxylation is 1. The fourth-order valence-corrected chi connectivity index (χ4v) is 3.80. The Balaban J connectivity index is 2.08. The molecule has 3 rings (SSSR count). The van der Waals surface area contributed by atoms with Crippen LogP contribution in [0.1, 0.15) is 39.3 Å². The highest BCUT2D eigenvalue weighted by molar-refractivity contribution is 6.31. The number of nitrogens with one attached hydrogen (secondary N) is 1. The van der Waals surface area contributed by atoms with Gasteiger partial charge in [-0.1, -0.05) is 36.4 Å². The topological polar surface area (TPSA) is 15.3 Å². The second-order valence-electron chi connectivity index (χ2n) is 7.29. The van der Waals surface area contributed by atoms with E-state index in [0.717, 1.165) is 18.2 Å². The van der Waals surface area contributed by atoms with Crippen molar-refractivity contribution in [3.05, 3.63) is 81.4 Å². The summed E-state index contributed by atoms with van der Waals surface area (Å²) in [4.78, 5) is 0. The zero-order valence-electron chi connectivity index (χ0n) is 16.8. The summed E-state index contributed by atoms with van der Waals surface area (Å²) in [5, 5.41) is 0.638. The molecule has 0 aliphatic carbocycles. The molecule has 0 bridgehead atoms. The number of fused-ring (bicyclic) bond motifs is 1. The van der Waals surface area contributed by atoms with Crippen LogP contribution in [0, 0.1) is 13.8 Å². The lowest BCUT2D eigenvalue weighted by Gasteiger charge is -2.25. The first-order valence-electron chi connectivity index (χ1n) is 9.19. The number of hydrazine groups is 1. The zero-order valence-corrected chi connectivity index (χ0v) is 17.6. The van der Waals surface area contributed by atoms with Crippen molar-refractivity contribution in [2.45, 2.75) is 32.0 Å². The second-order valence-corrected chi connectivity index (χ2v) is 7.69. The van der Waals surface area contributed by atoms with Crippen molar-refractivity contribution in [3.8, 4) is 0 Å². The lowest BCUT2D eigenvalue weighted by atomic mass is 9.93. The molecule has 166 valence electrons. The van der Waals surface area contributed by atoms with Gasteiger partial charge in [-0.25, -0.2) is 14.8 Å². The minimum Gasteiger partial charge on any atom is -0.242 e. The van der Waals surface area contributed by atoms with Crippen LogP contribution in [0.2, 0.25) is 5.02 Å². The van der Waals surface area contributed by atoms with Gasteiger partial charge in [-0.3, -0.25) is 0 Å². The number of alkyl halides is 5. The Hall–Kier alpha value is -2.45. The maximum absolute atomic E-state index is 14.9. The lowest BCUT2D eigenvalue weighted by Crippen LogP contribution is -2.40. The van der Waals surface area contributed by atoms with E-state index in [1.165, 1.54) is 19.2 Å². The third kappa shape index (κ3) is 4.06. The van der Waals surface area contributed by atoms with Gasteiger partial charge >= 0.3 is 12.2 Å². The van der Waals surface area contributed by atoms with Crippen LogP contribution in [-0.4, -0.2) is 18.2 Å². The summed E-state index contributed by atoms with van der Waals surface area (Å²) < 4.78 is 85.3. The number of rotatable bonds is 4. The van der Waals surface area contributed by atoms with E-state index in [-0.39, 0.29) is 21.8 Å². The smallest absolute Gasteiger partial charge is 0.242 e. The van der Waals surface area contributed by atoms with Crippen LogP contribution in [0.25, 0.3) is 11.5 Å². The number of allylic oxidation sites excluding steroid dienone is 1. The SMILES string of the molecule is C=C1c2ccc(/C(F)=C/C(c3cc(C)c(C)c(Cl)c3)C(F)(F)F)cc2C(F)(F)N1NC. The predicted molar refractivity (Wildman–Crippen MR) is 109 cm³/mol. The molecule has 0 fully saturated rings. The molecular formula is C22H19ClF6N2. The largest absolute Gasteiger partial charge is 0.399 e. The first-order valence-corrected chi connectivity index (χ1v) is 9.57. The number of benzene rings is 2. The number of hydrogen-bond donors (Lipinski definition) is 1. The van der Waals surface area contributed by atoms with E-state index in [9.17, 15) is 26.3 Å². The summed E-state index contributed by atoms with van der Waals surface area (Å²) in [6.45, 7) is 6.83. The molecule has 1 unspecified atom stereocenters. The Morgan fingerprint density at radius 2 is 1.84 bits per heavy atom. The van der Waals surface area contributed by atoms with E-state index >= 15 is 0 Å². The van der Waals surface area contributed by atoms with Gasteiger partial charge in [-0.2, -0.15) is 22.0 Å². The number of hydrogen-bond acceptors (Lipinski definition) is 2. The van der Waals surface area contributed by atoms with Gasteiger partial charge in [0.05, 0.1) is 11.3 Å². The number of nitrogens with zero attached hydrogens (tertiary/aromatic N) is 1. The molecule has 0 spiro atoms. The van der Waals surface area contributed by atoms with E-state index < -0.39 is 35.1 Å². The first kappa shape index (κ1) is 23.2. The molecule has 0 saturated carbocycles. The molecule has 1 heterocycles. The molecule has 0 aromatic heterocycles. The molecule has 1 aliphatic heterocycles. The van der Waals surface area contributed by atoms with Gasteiger partial charge in [0, 0.05) is 23.2 Å². The Kier molecular flexibility index (Phi) is 5.92. The van der Waals surface area contributed by atoms with Crippen molar-refractivity contribution in [1.29, 1.82) is 0 Å². The van der Waals surface area contributed by atoms with Crippen molar-refractivity contribution in [2.75, 3.05) is 7.05 Å². The summed E-state index contributed by atoms with van der Waals surface area (Å²) in [6, 6.07) is 2.08. The Morgan fingerprint density at radius 1 is 1.19 bits per heavy atom. The van der Waals surface area contributed by atoms with Gasteiger partial charge in [0.25, 0.3) is 0 Å². The van der Waals surface area contributed by atoms with Crippen LogP contribution in [0.3, 0.4) is 0 Å². The monoisotopic (exact) mass is 460 g/mol. The summed E-state index contributed by atoms with van der Waals surface area (Å²) >= 11 is 6.02. The van der Waals surface area contributed by atoms with E-state index in [1.807, 2.05) is 0 Å². The Bertz CT molecular complexity index is 1050. The average Bonchev–Trinajstić information content (AvgIpc) is 2.87. The molecule has 0 amide bonds. The normalized spacial score (nSPS) is 17.2. The maximum Gasteiger partial charge on any atom is 0.399 e. The maximum atomic E-state index is 14.9. The van der Waals surface area contributed by atoms with Crippen LogP contribution in [-0.2, 0) is 6.05 Å². The quantitative estimate of drug-likeness (QED) is 0.387.